The van der Waals surface area contributed by atoms with E-state index in [-0.39, 0.29) is 0 Å². The molecule has 0 radical (unpaired) electrons. The quantitative estimate of drug-likeness (QED) is 0.336. The Morgan fingerprint density at radius 2 is 1.25 bits per heavy atom. The molecule has 112 valence electrons. The van der Waals surface area contributed by atoms with Crippen LogP contribution < -0.4 is 0 Å². The minimum absolute atomic E-state index is 1.04. The van der Waals surface area contributed by atoms with Crippen molar-refractivity contribution in [2.24, 2.45) is 0 Å². The van der Waals surface area contributed by atoms with E-state index in [0.717, 1.165) is 11.0 Å². The molecule has 24 heavy (non-hydrogen) atoms. The molecule has 1 heteroatoms. The lowest BCUT2D eigenvalue weighted by molar-refractivity contribution is 1.50. The Kier molecular flexibility index (Phi) is 2.86. The fourth-order valence-corrected chi connectivity index (χ4v) is 3.43. The van der Waals surface area contributed by atoms with Gasteiger partial charge in [-0.1, -0.05) is 66.7 Å². The van der Waals surface area contributed by atoms with Gasteiger partial charge in [-0.2, -0.15) is 0 Å². The van der Waals surface area contributed by atoms with Gasteiger partial charge in [0.25, 0.3) is 0 Å². The molecule has 0 fully saturated rings. The van der Waals surface area contributed by atoms with Crippen molar-refractivity contribution in [3.63, 3.8) is 0 Å². The Labute approximate surface area is 140 Å². The third-order valence-electron chi connectivity index (χ3n) is 4.62. The second-order valence-electron chi connectivity index (χ2n) is 6.12. The predicted molar refractivity (Wildman–Crippen MR) is 102 cm³/mol. The monoisotopic (exact) mass is 305 g/mol. The fourth-order valence-electron chi connectivity index (χ4n) is 3.43. The maximum Gasteiger partial charge on any atom is 0.0710 e. The highest BCUT2D eigenvalue weighted by Crippen LogP contribution is 2.31. The van der Waals surface area contributed by atoms with Crippen LogP contribution in [-0.2, 0) is 0 Å². The summed E-state index contributed by atoms with van der Waals surface area (Å²) in [6, 6.07) is 32.1. The summed E-state index contributed by atoms with van der Waals surface area (Å²) in [6.07, 6.45) is 0. The van der Waals surface area contributed by atoms with E-state index in [1.165, 1.54) is 32.7 Å². The number of hydrogen-bond donors (Lipinski definition) is 0. The third-order valence-corrected chi connectivity index (χ3v) is 4.62. The molecule has 0 atom stereocenters. The van der Waals surface area contributed by atoms with Gasteiger partial charge in [-0.15, -0.1) is 0 Å². The molecule has 0 bridgehead atoms. The predicted octanol–water partition coefficient (Wildman–Crippen LogP) is 6.21. The van der Waals surface area contributed by atoms with Crippen LogP contribution >= 0.6 is 0 Å². The Hall–Kier alpha value is -3.19. The summed E-state index contributed by atoms with van der Waals surface area (Å²) in [7, 11) is 0. The molecule has 0 aliphatic carbocycles. The SMILES string of the molecule is c1ccc2nc3ccc(-c4cccc5ccccc45)cc3cc2c1. The molecule has 0 saturated heterocycles. The summed E-state index contributed by atoms with van der Waals surface area (Å²) < 4.78 is 0. The summed E-state index contributed by atoms with van der Waals surface area (Å²) >= 11 is 0. The Morgan fingerprint density at radius 3 is 2.21 bits per heavy atom. The van der Waals surface area contributed by atoms with E-state index >= 15 is 0 Å². The zero-order chi connectivity index (χ0) is 15.9. The van der Waals surface area contributed by atoms with Crippen molar-refractivity contribution in [3.05, 3.63) is 91.0 Å². The van der Waals surface area contributed by atoms with Crippen molar-refractivity contribution in [2.45, 2.75) is 0 Å². The van der Waals surface area contributed by atoms with E-state index < -0.39 is 0 Å². The van der Waals surface area contributed by atoms with Crippen LogP contribution in [0.2, 0.25) is 0 Å². The van der Waals surface area contributed by atoms with Crippen molar-refractivity contribution in [2.75, 3.05) is 0 Å². The first-order chi connectivity index (χ1) is 11.9. The molecular weight excluding hydrogens is 290 g/mol. The number of rotatable bonds is 1. The van der Waals surface area contributed by atoms with Crippen LogP contribution in [0.5, 0.6) is 0 Å². The lowest BCUT2D eigenvalue weighted by Crippen LogP contribution is -1.85. The second-order valence-corrected chi connectivity index (χ2v) is 6.12. The van der Waals surface area contributed by atoms with Crippen molar-refractivity contribution in [1.82, 2.24) is 4.98 Å². The zero-order valence-electron chi connectivity index (χ0n) is 13.1. The molecule has 0 aliphatic heterocycles. The van der Waals surface area contributed by atoms with Gasteiger partial charge in [-0.25, -0.2) is 4.98 Å². The Morgan fingerprint density at radius 1 is 0.500 bits per heavy atom. The maximum atomic E-state index is 4.77. The normalized spacial score (nSPS) is 11.3. The van der Waals surface area contributed by atoms with Crippen LogP contribution in [0.4, 0.5) is 0 Å². The minimum Gasteiger partial charge on any atom is -0.248 e. The summed E-state index contributed by atoms with van der Waals surface area (Å²) in [6.45, 7) is 0. The van der Waals surface area contributed by atoms with E-state index in [0.29, 0.717) is 0 Å². The highest BCUT2D eigenvalue weighted by Gasteiger charge is 2.06. The molecular formula is C23H15N. The number of benzene rings is 4. The molecule has 1 nitrogen and oxygen atoms in total. The average molecular weight is 305 g/mol. The number of nitrogens with zero attached hydrogens (tertiary/aromatic N) is 1. The van der Waals surface area contributed by atoms with E-state index in [2.05, 4.69) is 84.9 Å². The van der Waals surface area contributed by atoms with E-state index in [9.17, 15) is 0 Å². The molecule has 0 N–H and O–H groups in total. The molecule has 0 aliphatic rings. The molecule has 4 aromatic carbocycles. The van der Waals surface area contributed by atoms with Crippen LogP contribution in [-0.4, -0.2) is 4.98 Å². The van der Waals surface area contributed by atoms with Gasteiger partial charge in [0.2, 0.25) is 0 Å². The summed E-state index contributed by atoms with van der Waals surface area (Å²) in [5.41, 5.74) is 4.58. The summed E-state index contributed by atoms with van der Waals surface area (Å²) in [5.74, 6) is 0. The topological polar surface area (TPSA) is 12.9 Å². The smallest absolute Gasteiger partial charge is 0.0710 e. The first-order valence-electron chi connectivity index (χ1n) is 8.16. The van der Waals surface area contributed by atoms with Crippen molar-refractivity contribution in [1.29, 1.82) is 0 Å². The molecule has 5 aromatic rings. The van der Waals surface area contributed by atoms with Gasteiger partial charge < -0.3 is 0 Å². The molecule has 0 spiro atoms. The lowest BCUT2D eigenvalue weighted by atomic mass is 9.97. The number of aromatic nitrogens is 1. The Balaban J connectivity index is 1.78. The largest absolute Gasteiger partial charge is 0.248 e. The van der Waals surface area contributed by atoms with Gasteiger partial charge in [0.15, 0.2) is 0 Å². The highest BCUT2D eigenvalue weighted by molar-refractivity contribution is 6.00. The lowest BCUT2D eigenvalue weighted by Gasteiger charge is -2.08. The second kappa shape index (κ2) is 5.17. The van der Waals surface area contributed by atoms with Crippen molar-refractivity contribution >= 4 is 32.6 Å². The molecule has 1 aromatic heterocycles. The maximum absolute atomic E-state index is 4.77. The number of para-hydroxylation sites is 1. The van der Waals surface area contributed by atoms with Crippen LogP contribution in [0, 0.1) is 0 Å². The average Bonchev–Trinajstić information content (AvgIpc) is 2.65. The van der Waals surface area contributed by atoms with Crippen LogP contribution in [0.1, 0.15) is 0 Å². The number of hydrogen-bond acceptors (Lipinski definition) is 1. The van der Waals surface area contributed by atoms with Crippen LogP contribution in [0.15, 0.2) is 91.0 Å². The zero-order valence-corrected chi connectivity index (χ0v) is 13.1. The number of fused-ring (bicyclic) bond motifs is 3. The van der Waals surface area contributed by atoms with E-state index in [1.807, 2.05) is 6.07 Å². The van der Waals surface area contributed by atoms with Crippen LogP contribution in [0.25, 0.3) is 43.7 Å². The van der Waals surface area contributed by atoms with E-state index in [4.69, 9.17) is 4.98 Å². The van der Waals surface area contributed by atoms with Gasteiger partial charge >= 0.3 is 0 Å². The first kappa shape index (κ1) is 13.3. The Bertz CT molecular complexity index is 1200. The fraction of sp³-hybridized carbons (Fsp3) is 0. The summed E-state index contributed by atoms with van der Waals surface area (Å²) in [4.78, 5) is 4.77. The molecule has 0 saturated carbocycles. The standard InChI is InChI=1S/C23H15N/c1-3-9-20-16(6-1)8-5-10-21(20)17-12-13-23-19(14-17)15-18-7-2-4-11-22(18)24-23/h1-15H. The molecule has 5 rings (SSSR count). The molecule has 0 amide bonds. The molecule has 0 unspecified atom stereocenters. The van der Waals surface area contributed by atoms with Gasteiger partial charge in [0.05, 0.1) is 11.0 Å². The van der Waals surface area contributed by atoms with Gasteiger partial charge in [-0.05, 0) is 46.2 Å². The van der Waals surface area contributed by atoms with Gasteiger partial charge in [0.1, 0.15) is 0 Å². The number of pyridine rings is 1. The first-order valence-corrected chi connectivity index (χ1v) is 8.16. The molecule has 1 heterocycles. The van der Waals surface area contributed by atoms with Gasteiger partial charge in [0, 0.05) is 10.8 Å². The van der Waals surface area contributed by atoms with Crippen molar-refractivity contribution < 1.29 is 0 Å². The highest BCUT2D eigenvalue weighted by atomic mass is 14.7. The van der Waals surface area contributed by atoms with Crippen LogP contribution in [0.3, 0.4) is 0 Å². The van der Waals surface area contributed by atoms with Gasteiger partial charge in [-0.3, -0.25) is 0 Å². The summed E-state index contributed by atoms with van der Waals surface area (Å²) in [5, 5.41) is 4.92. The van der Waals surface area contributed by atoms with E-state index in [1.54, 1.807) is 0 Å². The minimum atomic E-state index is 1.04. The van der Waals surface area contributed by atoms with Crippen molar-refractivity contribution in [3.8, 4) is 11.1 Å². The third kappa shape index (κ3) is 2.06.